The monoisotopic (exact) mass is 344 g/mol. The third-order valence-electron chi connectivity index (χ3n) is 4.28. The summed E-state index contributed by atoms with van der Waals surface area (Å²) >= 11 is 0. The Balaban J connectivity index is -0.00000141. The highest BCUT2D eigenvalue weighted by Crippen LogP contribution is 2.10. The molecule has 0 aliphatic carbocycles. The normalized spacial score (nSPS) is 9.92. The lowest BCUT2D eigenvalue weighted by molar-refractivity contribution is 0.125. The molecule has 0 radical (unpaired) electrons. The van der Waals surface area contributed by atoms with Crippen LogP contribution in [0.5, 0.6) is 0 Å². The summed E-state index contributed by atoms with van der Waals surface area (Å²) in [7, 11) is 0. The Morgan fingerprint density at radius 2 is 0.708 bits per heavy atom. The molecule has 0 spiro atoms. The molecule has 0 unspecified atom stereocenters. The zero-order valence-corrected chi connectivity index (χ0v) is 17.1. The lowest BCUT2D eigenvalue weighted by atomic mass is 10.1. The van der Waals surface area contributed by atoms with Crippen molar-refractivity contribution in [2.75, 3.05) is 13.2 Å². The van der Waals surface area contributed by atoms with Crippen molar-refractivity contribution in [1.29, 1.82) is 0 Å². The zero-order chi connectivity index (χ0) is 17.4. The fraction of sp³-hybridized carbons (Fsp3) is 0.909. The summed E-state index contributed by atoms with van der Waals surface area (Å²) in [6.45, 7) is 12.5. The van der Waals surface area contributed by atoms with Crippen molar-refractivity contribution in [1.82, 2.24) is 0 Å². The first kappa shape index (κ1) is 28.5. The van der Waals surface area contributed by atoms with E-state index in [9.17, 15) is 0 Å². The van der Waals surface area contributed by atoms with Gasteiger partial charge in [0.2, 0.25) is 0 Å². The fourth-order valence-electron chi connectivity index (χ4n) is 2.78. The average molecular weight is 345 g/mol. The smallest absolute Gasteiger partial charge is 0.0466 e. The maximum absolute atomic E-state index is 5.72. The van der Waals surface area contributed by atoms with Gasteiger partial charge in [0.1, 0.15) is 0 Å². The van der Waals surface area contributed by atoms with Gasteiger partial charge in [-0.1, -0.05) is 104 Å². The van der Waals surface area contributed by atoms with Gasteiger partial charge in [0, 0.05) is 13.2 Å². The summed E-state index contributed by atoms with van der Waals surface area (Å²) in [5.74, 6) is 0. The molecule has 0 fully saturated rings. The Morgan fingerprint density at radius 1 is 0.458 bits per heavy atom. The average Bonchev–Trinajstić information content (AvgIpc) is 2.59. The van der Waals surface area contributed by atoms with Crippen molar-refractivity contribution < 1.29 is 10.2 Å². The highest BCUT2D eigenvalue weighted by Gasteiger charge is 1.94. The topological polar surface area (TPSA) is 40.7 Å². The maximum Gasteiger partial charge on any atom is 0.0466 e. The summed E-state index contributed by atoms with van der Waals surface area (Å²) in [6, 6.07) is 0. The Morgan fingerprint density at radius 3 is 1.00 bits per heavy atom. The first-order valence-corrected chi connectivity index (χ1v) is 10.5. The van der Waals surface area contributed by atoms with E-state index in [1.54, 1.807) is 0 Å². The van der Waals surface area contributed by atoms with E-state index in [1.165, 1.54) is 103 Å². The lowest BCUT2D eigenvalue weighted by Crippen LogP contribution is -1.97. The third kappa shape index (κ3) is 29.6. The Bertz CT molecular complexity index is 165. The van der Waals surface area contributed by atoms with Gasteiger partial charge in [0.25, 0.3) is 0 Å². The lowest BCUT2D eigenvalue weighted by Gasteiger charge is -2.05. The number of ether oxygens (including phenoxy) is 1. The molecule has 2 nitrogen and oxygen atoms in total. The highest BCUT2D eigenvalue weighted by atomic mass is 16.5. The zero-order valence-electron chi connectivity index (χ0n) is 17.1. The summed E-state index contributed by atoms with van der Waals surface area (Å²) in [4.78, 5) is 0. The molecule has 2 heteroatoms. The van der Waals surface area contributed by atoms with E-state index in [0.717, 1.165) is 13.2 Å². The van der Waals surface area contributed by atoms with Crippen LogP contribution in [-0.4, -0.2) is 18.7 Å². The van der Waals surface area contributed by atoms with Crippen molar-refractivity contribution in [2.24, 2.45) is 0 Å². The van der Waals surface area contributed by atoms with E-state index in [0.29, 0.717) is 0 Å². The molecule has 0 amide bonds. The quantitative estimate of drug-likeness (QED) is 0.190. The molecule has 0 aliphatic rings. The van der Waals surface area contributed by atoms with Crippen molar-refractivity contribution in [3.05, 3.63) is 13.2 Å². The van der Waals surface area contributed by atoms with Crippen LogP contribution in [0, 0.1) is 0 Å². The summed E-state index contributed by atoms with van der Waals surface area (Å²) < 4.78 is 5.72. The predicted molar refractivity (Wildman–Crippen MR) is 111 cm³/mol. The molecule has 24 heavy (non-hydrogen) atoms. The fourth-order valence-corrected chi connectivity index (χ4v) is 2.78. The summed E-state index contributed by atoms with van der Waals surface area (Å²) in [5, 5.41) is 0. The third-order valence-corrected chi connectivity index (χ3v) is 4.28. The maximum atomic E-state index is 5.72. The molecule has 0 aromatic heterocycles. The molecule has 0 aromatic rings. The first-order valence-electron chi connectivity index (χ1n) is 10.5. The van der Waals surface area contributed by atoms with Crippen LogP contribution in [0.1, 0.15) is 117 Å². The van der Waals surface area contributed by atoms with Crippen LogP contribution in [0.25, 0.3) is 0 Å². The van der Waals surface area contributed by atoms with E-state index in [2.05, 4.69) is 27.0 Å². The van der Waals surface area contributed by atoms with Crippen molar-refractivity contribution >= 4 is 0 Å². The Labute approximate surface area is 153 Å². The summed E-state index contributed by atoms with van der Waals surface area (Å²) in [6.07, 6.45) is 22.2. The second-order valence-corrected chi connectivity index (χ2v) is 6.56. The van der Waals surface area contributed by atoms with Crippen molar-refractivity contribution in [3.8, 4) is 0 Å². The molecule has 0 atom stereocenters. The van der Waals surface area contributed by atoms with Crippen LogP contribution in [0.2, 0.25) is 0 Å². The van der Waals surface area contributed by atoms with Crippen molar-refractivity contribution in [3.63, 3.8) is 0 Å². The molecule has 0 bridgehead atoms. The molecule has 0 aliphatic heterocycles. The highest BCUT2D eigenvalue weighted by molar-refractivity contribution is 4.47. The Hall–Kier alpha value is -0.340. The van der Waals surface area contributed by atoms with Gasteiger partial charge in [-0.05, 0) is 12.8 Å². The molecule has 2 N–H and O–H groups in total. The Kier molecular flexibility index (Phi) is 36.2. The van der Waals surface area contributed by atoms with E-state index in [1.807, 2.05) is 0 Å². The van der Waals surface area contributed by atoms with E-state index in [-0.39, 0.29) is 5.48 Å². The van der Waals surface area contributed by atoms with Gasteiger partial charge < -0.3 is 10.2 Å². The van der Waals surface area contributed by atoms with Crippen LogP contribution in [0.4, 0.5) is 0 Å². The van der Waals surface area contributed by atoms with Gasteiger partial charge in [-0.15, -0.1) is 13.2 Å². The summed E-state index contributed by atoms with van der Waals surface area (Å²) in [5.41, 5.74) is 0. The van der Waals surface area contributed by atoms with Gasteiger partial charge >= 0.3 is 0 Å². The molecular formula is C22H48O2. The minimum Gasteiger partial charge on any atom is -0.412 e. The van der Waals surface area contributed by atoms with Gasteiger partial charge in [-0.25, -0.2) is 0 Å². The molecule has 0 saturated heterocycles. The van der Waals surface area contributed by atoms with E-state index < -0.39 is 0 Å². The number of rotatable bonds is 18. The van der Waals surface area contributed by atoms with E-state index in [4.69, 9.17) is 4.74 Å². The standard InChI is InChI=1S/C20H42O.C2H4.H2O/c1-3-5-7-9-11-13-15-17-19-21-20-18-16-14-12-10-8-6-4-2;1-2;/h3-20H2,1-2H3;1-2H2;1H2. The van der Waals surface area contributed by atoms with Crippen LogP contribution in [0.3, 0.4) is 0 Å². The predicted octanol–water partition coefficient (Wildman–Crippen LogP) is 7.26. The molecular weight excluding hydrogens is 296 g/mol. The second-order valence-electron chi connectivity index (χ2n) is 6.56. The molecule has 0 saturated carbocycles. The number of hydrogen-bond acceptors (Lipinski definition) is 1. The molecule has 0 aromatic carbocycles. The minimum absolute atomic E-state index is 0. The first-order chi connectivity index (χ1) is 11.4. The molecule has 0 heterocycles. The number of hydrogen-bond donors (Lipinski definition) is 0. The van der Waals surface area contributed by atoms with E-state index >= 15 is 0 Å². The second kappa shape index (κ2) is 30.5. The number of unbranched alkanes of at least 4 members (excludes halogenated alkanes) is 14. The van der Waals surface area contributed by atoms with Crippen molar-refractivity contribution in [2.45, 2.75) is 117 Å². The minimum atomic E-state index is 0. The SMILES string of the molecule is C=C.CCCCCCCCCCOCCCCCCCCCC.O. The van der Waals surface area contributed by atoms with Gasteiger partial charge in [0.05, 0.1) is 0 Å². The van der Waals surface area contributed by atoms with Crippen LogP contribution >= 0.6 is 0 Å². The van der Waals surface area contributed by atoms with Crippen LogP contribution in [0.15, 0.2) is 13.2 Å². The van der Waals surface area contributed by atoms with Gasteiger partial charge in [0.15, 0.2) is 0 Å². The van der Waals surface area contributed by atoms with Crippen LogP contribution < -0.4 is 0 Å². The molecule has 0 rings (SSSR count). The molecule has 148 valence electrons. The van der Waals surface area contributed by atoms with Gasteiger partial charge in [-0.2, -0.15) is 0 Å². The van der Waals surface area contributed by atoms with Crippen LogP contribution in [-0.2, 0) is 4.74 Å². The van der Waals surface area contributed by atoms with Gasteiger partial charge in [-0.3, -0.25) is 0 Å². The largest absolute Gasteiger partial charge is 0.412 e.